The third kappa shape index (κ3) is 22.8. The number of guanidine groups is 4. The number of methoxy groups -OCH3 is 1. The number of para-hydroxylation sites is 1. The summed E-state index contributed by atoms with van der Waals surface area (Å²) in [5.41, 5.74) is 28.8. The van der Waals surface area contributed by atoms with Gasteiger partial charge in [-0.05, 0) is 235 Å². The summed E-state index contributed by atoms with van der Waals surface area (Å²) in [6.07, 6.45) is 22.5. The normalized spacial score (nSPS) is 21.2. The van der Waals surface area contributed by atoms with E-state index in [1.165, 1.54) is 62.9 Å². The SMILES string of the molecule is CC(=O)N1CCC(CN2C(=O)C(C)(c3cccc(-c4cccc(OC(C)C)c4)c3)N=C2N)CC1.COc1ccccc1C(=O)C[C@@H]1CCC[C@H](C[C@@]2(CCC3CCCCC3)N=C(N)N(C)C2=O)C1.NC1=NC(c2ccccc2)(c2ccccc2)C(=O)N1CCCCN1CCCC1.NC1=NC(c2ccccc2)(c2ccccc2)C(=O)N1Cc1cccc(C(=O)NCCCN2CCCC2=O)c1. The minimum absolute atomic E-state index is 0.0522. The Bertz CT molecular complexity index is 5460. The number of aliphatic imine (C=N–C) groups is 4. The van der Waals surface area contributed by atoms with E-state index in [1.54, 1.807) is 54.0 Å². The van der Waals surface area contributed by atoms with Gasteiger partial charge in [0, 0.05) is 78.2 Å². The molecule has 7 aliphatic heterocycles. The summed E-state index contributed by atoms with van der Waals surface area (Å²) < 4.78 is 11.2. The number of carbonyl (C=O) groups excluding carboxylic acids is 8. The van der Waals surface area contributed by atoms with Crippen LogP contribution in [0.4, 0.5) is 0 Å². The second kappa shape index (κ2) is 44.8. The first-order chi connectivity index (χ1) is 64.8. The monoisotopic (exact) mass is 1820 g/mol. The van der Waals surface area contributed by atoms with E-state index in [9.17, 15) is 38.4 Å². The van der Waals surface area contributed by atoms with Crippen molar-refractivity contribution in [3.8, 4) is 22.6 Å². The van der Waals surface area contributed by atoms with Crippen LogP contribution in [0.3, 0.4) is 0 Å². The van der Waals surface area contributed by atoms with Crippen LogP contribution in [0, 0.1) is 23.7 Å². The second-order valence-electron chi connectivity index (χ2n) is 37.7. The molecule has 26 heteroatoms. The van der Waals surface area contributed by atoms with Crippen LogP contribution in [0.15, 0.2) is 238 Å². The van der Waals surface area contributed by atoms with E-state index in [1.807, 2.05) is 231 Å². The lowest BCUT2D eigenvalue weighted by Crippen LogP contribution is -2.46. The lowest BCUT2D eigenvalue weighted by Gasteiger charge is -2.35. The Morgan fingerprint density at radius 1 is 0.500 bits per heavy atom. The second-order valence-corrected chi connectivity index (χ2v) is 37.7. The molecule has 7 heterocycles. The van der Waals surface area contributed by atoms with Crippen LogP contribution < -0.4 is 37.7 Å². The number of likely N-dealkylation sites (N-methyl/N-ethyl adjacent to an activating group) is 1. The van der Waals surface area contributed by atoms with E-state index in [0.717, 1.165) is 153 Å². The molecule has 26 nitrogen and oxygen atoms in total. The summed E-state index contributed by atoms with van der Waals surface area (Å²) in [6, 6.07) is 68.9. The van der Waals surface area contributed by atoms with Crippen LogP contribution in [0.1, 0.15) is 223 Å². The van der Waals surface area contributed by atoms with E-state index in [-0.39, 0.29) is 71.7 Å². The zero-order valence-electron chi connectivity index (χ0n) is 78.8. The fourth-order valence-corrected chi connectivity index (χ4v) is 20.8. The zero-order valence-corrected chi connectivity index (χ0v) is 78.8. The highest BCUT2D eigenvalue weighted by Crippen LogP contribution is 2.46. The zero-order chi connectivity index (χ0) is 94.5. The number of carbonyl (C=O) groups is 8. The van der Waals surface area contributed by atoms with Gasteiger partial charge in [-0.3, -0.25) is 58.0 Å². The molecule has 0 radical (unpaired) electrons. The first-order valence-electron chi connectivity index (χ1n) is 48.3. The third-order valence-electron chi connectivity index (χ3n) is 28.1. The Morgan fingerprint density at radius 3 is 1.66 bits per heavy atom. The molecule has 8 aromatic rings. The third-order valence-corrected chi connectivity index (χ3v) is 28.1. The summed E-state index contributed by atoms with van der Waals surface area (Å²) >= 11 is 0. The standard InChI is InChI=1S/C30H31N5O3.C28H41N3O3.C27H34N4O3.C23H28N4O/c31-29-33-30(24-12-3-1-4-13-24,25-14-5-2-6-15-25)28(38)35(29)21-22-10-7-11-23(20-22)27(37)32-17-9-19-34-18-8-16-26(34)36;1-31-26(33)28(30-27(31)29,16-15-20-9-4-3-5-10-20)19-22-12-8-11-21(17-22)18-24(32)23-13-6-7-14-25(23)34-2;1-18(2)34-24-10-6-8-22(16-24)21-7-5-9-23(15-21)27(4)25(33)31(26(28)29-27)17-20-11-13-30(14-12-20)19(3)32;24-22-25-23(19-11-3-1-4-12-19,20-13-5-2-6-14-20)21(28)27(22)18-10-9-17-26-15-7-8-16-26/h1-7,10-15,20H,8-9,16-19,21H2,(H2,31,33)(H,32,37);6-7,13-14,20-22H,3-5,8-12,15-19H2,1-2H3,(H2,29,30);5-10,15-16,18,20H,11-14,17H2,1-4H3,(H2,28,29);1-6,11-14H,7-10,15-18H2,(H2,24,25)/t;21-,22+,28-;;/m.1../s1. The lowest BCUT2D eigenvalue weighted by molar-refractivity contribution is -0.133. The number of benzene rings is 8. The summed E-state index contributed by atoms with van der Waals surface area (Å²) in [5, 5.41) is 2.93. The predicted molar refractivity (Wildman–Crippen MR) is 525 cm³/mol. The molecule has 2 aliphatic carbocycles. The van der Waals surface area contributed by atoms with E-state index in [4.69, 9.17) is 47.4 Å². The van der Waals surface area contributed by atoms with Gasteiger partial charge in [0.2, 0.25) is 11.8 Å². The molecule has 8 aromatic carbocycles. The maximum atomic E-state index is 14.0. The Kier molecular flexibility index (Phi) is 32.5. The van der Waals surface area contributed by atoms with Gasteiger partial charge in [-0.2, -0.15) is 0 Å². The molecule has 2 saturated carbocycles. The fraction of sp³-hybridized carbons (Fsp3) is 0.444. The van der Waals surface area contributed by atoms with Crippen molar-refractivity contribution >= 4 is 71.0 Å². The topological polar surface area (TPSA) is 343 Å². The average Bonchev–Trinajstić information content (AvgIpc) is 1.58. The number of hydrogen-bond acceptors (Lipinski definition) is 19. The number of amides is 7. The lowest BCUT2D eigenvalue weighted by atomic mass is 9.71. The van der Waals surface area contributed by atoms with Crippen LogP contribution in [0.5, 0.6) is 11.5 Å². The Labute approximate surface area is 789 Å². The number of hydrogen-bond donors (Lipinski definition) is 5. The van der Waals surface area contributed by atoms with Crippen molar-refractivity contribution in [3.05, 3.63) is 263 Å². The van der Waals surface area contributed by atoms with Crippen molar-refractivity contribution in [2.75, 3.05) is 79.6 Å². The molecule has 1 unspecified atom stereocenters. The number of nitrogens with one attached hydrogen (secondary N) is 1. The van der Waals surface area contributed by atoms with E-state index in [0.29, 0.717) is 97.9 Å². The van der Waals surface area contributed by atoms with Crippen LogP contribution in [-0.4, -0.2) is 197 Å². The first kappa shape index (κ1) is 97.2. The van der Waals surface area contributed by atoms with Gasteiger partial charge in [0.05, 0.1) is 25.3 Å². The van der Waals surface area contributed by atoms with Gasteiger partial charge >= 0.3 is 0 Å². The van der Waals surface area contributed by atoms with Crippen molar-refractivity contribution in [2.24, 2.45) is 66.6 Å². The van der Waals surface area contributed by atoms with Gasteiger partial charge in [0.25, 0.3) is 29.5 Å². The number of ketones is 1. The molecular weight excluding hydrogens is 1680 g/mol. The van der Waals surface area contributed by atoms with Crippen molar-refractivity contribution < 1.29 is 47.8 Å². The molecule has 9 N–H and O–H groups in total. The Balaban J connectivity index is 0.000000144. The number of nitrogens with zero attached hydrogens (tertiary/aromatic N) is 11. The Morgan fingerprint density at radius 2 is 1.06 bits per heavy atom. The molecule has 7 amide bonds. The maximum Gasteiger partial charge on any atom is 0.266 e. The van der Waals surface area contributed by atoms with Crippen molar-refractivity contribution in [1.29, 1.82) is 0 Å². The van der Waals surface area contributed by atoms with E-state index in [2.05, 4.69) is 15.2 Å². The molecule has 706 valence electrons. The number of piperidine rings is 1. The first-order valence-corrected chi connectivity index (χ1v) is 48.3. The molecule has 4 atom stereocenters. The van der Waals surface area contributed by atoms with Gasteiger partial charge in [0.15, 0.2) is 46.2 Å². The molecule has 5 fully saturated rings. The quantitative estimate of drug-likeness (QED) is 0.0199. The highest BCUT2D eigenvalue weighted by Gasteiger charge is 2.54. The Hall–Kier alpha value is -12.8. The summed E-state index contributed by atoms with van der Waals surface area (Å²) in [4.78, 5) is 135. The number of unbranched alkanes of at least 4 members (excludes halogenated alkanes) is 1. The molecule has 0 aromatic heterocycles. The van der Waals surface area contributed by atoms with Gasteiger partial charge in [-0.25, -0.2) is 20.0 Å². The van der Waals surface area contributed by atoms with E-state index >= 15 is 0 Å². The summed E-state index contributed by atoms with van der Waals surface area (Å²) in [7, 11) is 3.36. The molecule has 134 heavy (non-hydrogen) atoms. The minimum Gasteiger partial charge on any atom is -0.496 e. The van der Waals surface area contributed by atoms with Gasteiger partial charge < -0.3 is 52.4 Å². The van der Waals surface area contributed by atoms with Crippen LogP contribution >= 0.6 is 0 Å². The average molecular weight is 1820 g/mol. The van der Waals surface area contributed by atoms with Gasteiger partial charge in [-0.1, -0.05) is 221 Å². The maximum absolute atomic E-state index is 14.0. The molecule has 17 rings (SSSR count). The minimum atomic E-state index is -1.27. The molecular formula is C108H134N16O10. The highest BCUT2D eigenvalue weighted by atomic mass is 16.5. The van der Waals surface area contributed by atoms with Crippen LogP contribution in [0.25, 0.3) is 11.1 Å². The summed E-state index contributed by atoms with van der Waals surface area (Å²) in [5.74, 6) is 4.16. The van der Waals surface area contributed by atoms with Crippen molar-refractivity contribution in [3.63, 3.8) is 0 Å². The number of ether oxygens (including phenoxy) is 2. The fourth-order valence-electron chi connectivity index (χ4n) is 20.8. The van der Waals surface area contributed by atoms with Crippen molar-refractivity contribution in [1.82, 2.24) is 39.6 Å². The predicted octanol–water partition coefficient (Wildman–Crippen LogP) is 15.1. The molecule has 3 saturated heterocycles. The number of rotatable bonds is 31. The number of likely N-dealkylation sites (tertiary alicyclic amines) is 3. The molecule has 9 aliphatic rings. The van der Waals surface area contributed by atoms with Gasteiger partial charge in [0.1, 0.15) is 17.0 Å². The van der Waals surface area contributed by atoms with Crippen LogP contribution in [0.2, 0.25) is 0 Å². The molecule has 0 bridgehead atoms. The highest BCUT2D eigenvalue weighted by molar-refractivity contribution is 6.11. The number of Topliss-reactive ketones (excluding diaryl/α,β-unsaturated/α-hetero) is 1. The van der Waals surface area contributed by atoms with Gasteiger partial charge in [-0.15, -0.1) is 0 Å². The largest absolute Gasteiger partial charge is 0.496 e. The number of nitrogens with two attached hydrogens (primary N) is 4. The van der Waals surface area contributed by atoms with E-state index < -0.39 is 22.2 Å². The summed E-state index contributed by atoms with van der Waals surface area (Å²) in [6.45, 7) is 15.6. The van der Waals surface area contributed by atoms with Crippen LogP contribution in [-0.2, 0) is 51.9 Å². The van der Waals surface area contributed by atoms with Crippen molar-refractivity contribution in [2.45, 2.75) is 204 Å². The smallest absolute Gasteiger partial charge is 0.266 e. The molecule has 0 spiro atoms.